The number of halogens is 2. The van der Waals surface area contributed by atoms with Gasteiger partial charge in [0.15, 0.2) is 5.78 Å². The third kappa shape index (κ3) is 8.90. The van der Waals surface area contributed by atoms with Crippen molar-refractivity contribution in [3.63, 3.8) is 0 Å². The van der Waals surface area contributed by atoms with Gasteiger partial charge in [-0.15, -0.1) is 0 Å². The standard InChI is InChI=1S/C27H34N2O3.2ClH/c1-20(27(31)21-8-5-4-6-9-21)28-15-14-26(30)24-11-10-23-19-25(13-12-22(23)18-24)32-17-7-16-29(2)3;;/h4-6,8-13,18-20,27-28,31H,7,14-17H2,1-3H3;2*1H. The van der Waals surface area contributed by atoms with E-state index in [0.29, 0.717) is 19.6 Å². The van der Waals surface area contributed by atoms with Gasteiger partial charge in [0.1, 0.15) is 17.9 Å². The summed E-state index contributed by atoms with van der Waals surface area (Å²) in [4.78, 5) is 14.1. The average Bonchev–Trinajstić information content (AvgIpc) is 2.81. The lowest BCUT2D eigenvalue weighted by Gasteiger charge is -2.17. The number of ketones is 1. The molecular weight excluding hydrogens is 471 g/mol. The Morgan fingerprint density at radius 1 is 1.00 bits per heavy atom. The highest BCUT2D eigenvalue weighted by molar-refractivity contribution is 6.00. The molecule has 3 aromatic carbocycles. The van der Waals surface area contributed by atoms with Crippen LogP contribution in [-0.2, 0) is 0 Å². The normalized spacial score (nSPS) is 12.5. The fraction of sp³-hybridized carbons (Fsp3) is 0.370. The summed E-state index contributed by atoms with van der Waals surface area (Å²) in [6.45, 7) is 4.42. The lowest BCUT2D eigenvalue weighted by atomic mass is 10.0. The van der Waals surface area contributed by atoms with Crippen LogP contribution in [0.2, 0.25) is 0 Å². The highest BCUT2D eigenvalue weighted by Crippen LogP contribution is 2.23. The average molecular weight is 508 g/mol. The van der Waals surface area contributed by atoms with E-state index in [1.807, 2.05) is 79.0 Å². The molecule has 0 radical (unpaired) electrons. The highest BCUT2D eigenvalue weighted by atomic mass is 35.5. The molecule has 0 bridgehead atoms. The largest absolute Gasteiger partial charge is 1.00 e. The molecule has 7 heteroatoms. The summed E-state index contributed by atoms with van der Waals surface area (Å²) >= 11 is 0. The maximum absolute atomic E-state index is 12.7. The number of aliphatic hydroxyl groups excluding tert-OH is 1. The van der Waals surface area contributed by atoms with Gasteiger partial charge in [0.25, 0.3) is 0 Å². The molecule has 0 saturated heterocycles. The zero-order valence-electron chi connectivity index (χ0n) is 20.1. The van der Waals surface area contributed by atoms with E-state index >= 15 is 0 Å². The second-order valence-electron chi connectivity index (χ2n) is 8.80. The monoisotopic (exact) mass is 506 g/mol. The van der Waals surface area contributed by atoms with Gasteiger partial charge >= 0.3 is 0 Å². The van der Waals surface area contributed by atoms with E-state index in [-0.39, 0.29) is 36.6 Å². The summed E-state index contributed by atoms with van der Waals surface area (Å²) in [6.07, 6.45) is 0.908. The van der Waals surface area contributed by atoms with E-state index in [1.54, 1.807) is 0 Å². The SMILES string of the molecule is CC([NH2+]CCC(=O)c1ccc2cc(OCCC[NH+](C)C)ccc2c1)C(O)c1ccccc1.[Cl-].[Cl-]. The number of hydrogen-bond acceptors (Lipinski definition) is 3. The molecule has 4 N–H and O–H groups in total. The fourth-order valence-corrected chi connectivity index (χ4v) is 3.81. The number of nitrogens with one attached hydrogen (secondary N) is 1. The molecule has 34 heavy (non-hydrogen) atoms. The third-order valence-electron chi connectivity index (χ3n) is 5.77. The van der Waals surface area contributed by atoms with Crippen molar-refractivity contribution in [3.8, 4) is 5.75 Å². The number of benzene rings is 3. The van der Waals surface area contributed by atoms with E-state index in [2.05, 4.69) is 14.1 Å². The zero-order chi connectivity index (χ0) is 22.9. The molecule has 2 unspecified atom stereocenters. The molecular formula is C27H36Cl2N2O3. The molecule has 0 aliphatic rings. The molecule has 0 spiro atoms. The summed E-state index contributed by atoms with van der Waals surface area (Å²) in [7, 11) is 4.28. The van der Waals surface area contributed by atoms with Gasteiger partial charge < -0.3 is 44.9 Å². The number of hydrogen-bond donors (Lipinski definition) is 3. The molecule has 0 aliphatic carbocycles. The second-order valence-corrected chi connectivity index (χ2v) is 8.80. The Kier molecular flexibility index (Phi) is 13.2. The van der Waals surface area contributed by atoms with Gasteiger partial charge in [-0.05, 0) is 41.5 Å². The summed E-state index contributed by atoms with van der Waals surface area (Å²) in [6, 6.07) is 21.5. The minimum absolute atomic E-state index is 0. The van der Waals surface area contributed by atoms with Crippen molar-refractivity contribution < 1.29 is 49.7 Å². The van der Waals surface area contributed by atoms with Gasteiger partial charge in [0.05, 0.1) is 40.2 Å². The van der Waals surface area contributed by atoms with E-state index in [9.17, 15) is 9.90 Å². The number of rotatable bonds is 12. The Bertz CT molecular complexity index is 1020. The van der Waals surface area contributed by atoms with Gasteiger partial charge in [0, 0.05) is 12.0 Å². The van der Waals surface area contributed by atoms with Gasteiger partial charge in [0.2, 0.25) is 0 Å². The molecule has 5 nitrogen and oxygen atoms in total. The smallest absolute Gasteiger partial charge is 0.168 e. The molecule has 186 valence electrons. The quantitative estimate of drug-likeness (QED) is 0.173. The van der Waals surface area contributed by atoms with Gasteiger partial charge in [-0.2, -0.15) is 0 Å². The molecule has 0 aliphatic heterocycles. The molecule has 0 heterocycles. The second kappa shape index (κ2) is 15.0. The highest BCUT2D eigenvalue weighted by Gasteiger charge is 2.19. The fourth-order valence-electron chi connectivity index (χ4n) is 3.81. The number of nitrogens with two attached hydrogens (primary N) is 1. The summed E-state index contributed by atoms with van der Waals surface area (Å²) < 4.78 is 5.86. The predicted molar refractivity (Wildman–Crippen MR) is 128 cm³/mol. The summed E-state index contributed by atoms with van der Waals surface area (Å²) in [5.74, 6) is 0.988. The van der Waals surface area contributed by atoms with Crippen LogP contribution in [0.4, 0.5) is 0 Å². The van der Waals surface area contributed by atoms with Crippen LogP contribution in [0.25, 0.3) is 10.8 Å². The maximum atomic E-state index is 12.7. The number of quaternary nitrogens is 2. The first kappa shape index (κ1) is 29.9. The van der Waals surface area contributed by atoms with E-state index in [0.717, 1.165) is 40.6 Å². The number of ether oxygens (including phenoxy) is 1. The molecule has 3 rings (SSSR count). The van der Waals surface area contributed by atoms with Crippen LogP contribution in [0.1, 0.15) is 41.8 Å². The number of fused-ring (bicyclic) bond motifs is 1. The van der Waals surface area contributed by atoms with Crippen molar-refractivity contribution in [1.82, 2.24) is 0 Å². The van der Waals surface area contributed by atoms with Crippen LogP contribution in [0.5, 0.6) is 5.75 Å². The molecule has 0 saturated carbocycles. The van der Waals surface area contributed by atoms with Crippen molar-refractivity contribution in [1.29, 1.82) is 0 Å². The Balaban J connectivity index is 0.00000289. The first-order chi connectivity index (χ1) is 15.4. The Morgan fingerprint density at radius 3 is 2.38 bits per heavy atom. The Labute approximate surface area is 215 Å². The minimum Gasteiger partial charge on any atom is -1.00 e. The van der Waals surface area contributed by atoms with Gasteiger partial charge in [-0.25, -0.2) is 0 Å². The van der Waals surface area contributed by atoms with Gasteiger partial charge in [-0.1, -0.05) is 48.5 Å². The third-order valence-corrected chi connectivity index (χ3v) is 5.77. The van der Waals surface area contributed by atoms with Crippen LogP contribution in [0.15, 0.2) is 66.7 Å². The van der Waals surface area contributed by atoms with Crippen molar-refractivity contribution in [2.75, 3.05) is 33.8 Å². The molecule has 0 amide bonds. The summed E-state index contributed by atoms with van der Waals surface area (Å²) in [5.41, 5.74) is 1.63. The van der Waals surface area contributed by atoms with Gasteiger partial charge in [-0.3, -0.25) is 4.79 Å². The van der Waals surface area contributed by atoms with Crippen LogP contribution in [0.3, 0.4) is 0 Å². The van der Waals surface area contributed by atoms with Crippen LogP contribution in [-0.4, -0.2) is 50.7 Å². The maximum Gasteiger partial charge on any atom is 0.168 e. The molecule has 0 fully saturated rings. The Morgan fingerprint density at radius 2 is 1.68 bits per heavy atom. The number of aliphatic hydroxyl groups is 1. The van der Waals surface area contributed by atoms with E-state index in [4.69, 9.17) is 4.74 Å². The first-order valence-corrected chi connectivity index (χ1v) is 11.5. The topological polar surface area (TPSA) is 67.6 Å². The first-order valence-electron chi connectivity index (χ1n) is 11.5. The molecule has 2 atom stereocenters. The zero-order valence-corrected chi connectivity index (χ0v) is 21.6. The predicted octanol–water partition coefficient (Wildman–Crippen LogP) is -3.98. The van der Waals surface area contributed by atoms with Crippen molar-refractivity contribution in [3.05, 3.63) is 77.9 Å². The van der Waals surface area contributed by atoms with Crippen LogP contribution < -0.4 is 39.8 Å². The van der Waals surface area contributed by atoms with Crippen molar-refractivity contribution in [2.45, 2.75) is 31.9 Å². The summed E-state index contributed by atoms with van der Waals surface area (Å²) in [5, 5.41) is 14.6. The van der Waals surface area contributed by atoms with Crippen molar-refractivity contribution >= 4 is 16.6 Å². The minimum atomic E-state index is -0.549. The number of carbonyl (C=O) groups excluding carboxylic acids is 1. The van der Waals surface area contributed by atoms with E-state index in [1.165, 1.54) is 4.90 Å². The number of Topliss-reactive ketones (excluding diaryl/α,β-unsaturated/α-hetero) is 1. The molecule has 0 aromatic heterocycles. The Hall–Kier alpha value is -2.15. The van der Waals surface area contributed by atoms with Crippen LogP contribution in [0, 0.1) is 0 Å². The number of carbonyl (C=O) groups is 1. The lowest BCUT2D eigenvalue weighted by Crippen LogP contribution is -3.05. The van der Waals surface area contributed by atoms with E-state index < -0.39 is 6.10 Å². The molecule has 3 aromatic rings. The van der Waals surface area contributed by atoms with Crippen LogP contribution >= 0.6 is 0 Å². The van der Waals surface area contributed by atoms with Crippen molar-refractivity contribution in [2.24, 2.45) is 0 Å². The lowest BCUT2D eigenvalue weighted by molar-refractivity contribution is -0.858.